The first-order chi connectivity index (χ1) is 6.81. The molecule has 2 heteroatoms. The van der Waals surface area contributed by atoms with Crippen molar-refractivity contribution in [2.24, 2.45) is 0 Å². The van der Waals surface area contributed by atoms with Gasteiger partial charge in [-0.2, -0.15) is 0 Å². The van der Waals surface area contributed by atoms with E-state index >= 15 is 0 Å². The predicted octanol–water partition coefficient (Wildman–Crippen LogP) is 3.23. The van der Waals surface area contributed by atoms with E-state index in [2.05, 4.69) is 41.6 Å². The van der Waals surface area contributed by atoms with E-state index in [9.17, 15) is 0 Å². The van der Waals surface area contributed by atoms with Crippen molar-refractivity contribution in [3.05, 3.63) is 35.9 Å². The van der Waals surface area contributed by atoms with Gasteiger partial charge in [-0.15, -0.1) is 0 Å². The van der Waals surface area contributed by atoms with E-state index in [1.165, 1.54) is 11.1 Å². The maximum Gasteiger partial charge on any atom is 0.112 e. The molecular weight excluding hydrogens is 172 g/mol. The number of hydrogen-bond acceptors (Lipinski definition) is 1. The van der Waals surface area contributed by atoms with Crippen molar-refractivity contribution < 1.29 is 0 Å². The van der Waals surface area contributed by atoms with Crippen molar-refractivity contribution in [3.8, 4) is 0 Å². The Balaban J connectivity index is 0.000000461. The average molecular weight is 190 g/mol. The molecule has 0 bridgehead atoms. The molecule has 0 aliphatic rings. The Hall–Kier alpha value is -1.31. The number of hydrogen-bond donors (Lipinski definition) is 0. The minimum atomic E-state index is 0.983. The fourth-order valence-corrected chi connectivity index (χ4v) is 1.43. The topological polar surface area (TPSA) is 17.3 Å². The third-order valence-electron chi connectivity index (χ3n) is 2.08. The smallest absolute Gasteiger partial charge is 0.112 e. The fraction of sp³-hybridized carbons (Fsp3) is 0.417. The monoisotopic (exact) mass is 190 g/mol. The van der Waals surface area contributed by atoms with Gasteiger partial charge in [-0.05, 0) is 24.6 Å². The molecule has 2 rings (SSSR count). The van der Waals surface area contributed by atoms with Gasteiger partial charge in [0.1, 0.15) is 5.82 Å². The Bertz CT molecular complexity index is 402. The summed E-state index contributed by atoms with van der Waals surface area (Å²) >= 11 is 0. The van der Waals surface area contributed by atoms with Gasteiger partial charge >= 0.3 is 0 Å². The first-order valence-electron chi connectivity index (χ1n) is 5.24. The molecule has 0 radical (unpaired) electrons. The first kappa shape index (κ1) is 10.8. The predicted molar refractivity (Wildman–Crippen MR) is 60.7 cm³/mol. The van der Waals surface area contributed by atoms with Crippen LogP contribution < -0.4 is 0 Å². The molecule has 76 valence electrons. The van der Waals surface area contributed by atoms with Crippen molar-refractivity contribution in [1.82, 2.24) is 9.38 Å². The highest BCUT2D eigenvalue weighted by atomic mass is 15.0. The Morgan fingerprint density at radius 2 is 2.07 bits per heavy atom. The molecule has 0 saturated carbocycles. The van der Waals surface area contributed by atoms with Gasteiger partial charge in [0.2, 0.25) is 0 Å². The molecule has 0 atom stereocenters. The van der Waals surface area contributed by atoms with Gasteiger partial charge in [0, 0.05) is 12.6 Å². The molecule has 0 spiro atoms. The molecular formula is C12H18N2. The summed E-state index contributed by atoms with van der Waals surface area (Å²) in [4.78, 5) is 4.32. The summed E-state index contributed by atoms with van der Waals surface area (Å²) in [5, 5.41) is 0. The lowest BCUT2D eigenvalue weighted by Crippen LogP contribution is -1.91. The van der Waals surface area contributed by atoms with E-state index in [1.807, 2.05) is 20.0 Å². The van der Waals surface area contributed by atoms with E-state index in [0.717, 1.165) is 12.2 Å². The lowest BCUT2D eigenvalue weighted by Gasteiger charge is -1.98. The normalized spacial score (nSPS) is 9.71. The third kappa shape index (κ3) is 1.95. The Morgan fingerprint density at radius 3 is 2.71 bits per heavy atom. The second-order valence-corrected chi connectivity index (χ2v) is 3.03. The maximum absolute atomic E-state index is 4.32. The minimum Gasteiger partial charge on any atom is -0.304 e. The molecule has 0 aliphatic heterocycles. The molecule has 0 amide bonds. The number of aromatic nitrogens is 2. The van der Waals surface area contributed by atoms with E-state index < -0.39 is 0 Å². The highest BCUT2D eigenvalue weighted by Gasteiger charge is 1.99. The van der Waals surface area contributed by atoms with E-state index in [-0.39, 0.29) is 0 Å². The largest absolute Gasteiger partial charge is 0.304 e. The van der Waals surface area contributed by atoms with Crippen LogP contribution in [0.4, 0.5) is 0 Å². The lowest BCUT2D eigenvalue weighted by molar-refractivity contribution is 0.932. The average Bonchev–Trinajstić information content (AvgIpc) is 2.62. The zero-order valence-corrected chi connectivity index (χ0v) is 9.41. The van der Waals surface area contributed by atoms with Crippen LogP contribution in [0.15, 0.2) is 24.5 Å². The standard InChI is InChI=1S/C10H12N2.C2H6/c1-3-10-11-7-9-6-8(2)4-5-12(9)10;1-2/h4-7H,3H2,1-2H3;1-2H3. The maximum atomic E-state index is 4.32. The molecule has 2 aromatic heterocycles. The second-order valence-electron chi connectivity index (χ2n) is 3.03. The van der Waals surface area contributed by atoms with Crippen LogP contribution in [0.2, 0.25) is 0 Å². The van der Waals surface area contributed by atoms with Crippen molar-refractivity contribution >= 4 is 5.52 Å². The highest BCUT2D eigenvalue weighted by molar-refractivity contribution is 5.47. The van der Waals surface area contributed by atoms with Gasteiger partial charge in [0.25, 0.3) is 0 Å². The molecule has 2 heterocycles. The second kappa shape index (κ2) is 4.80. The van der Waals surface area contributed by atoms with Crippen molar-refractivity contribution in [1.29, 1.82) is 0 Å². The summed E-state index contributed by atoms with van der Waals surface area (Å²) in [7, 11) is 0. The number of nitrogens with zero attached hydrogens (tertiary/aromatic N) is 2. The Morgan fingerprint density at radius 1 is 1.36 bits per heavy atom. The molecule has 2 nitrogen and oxygen atoms in total. The molecule has 0 saturated heterocycles. The zero-order chi connectivity index (χ0) is 10.6. The highest BCUT2D eigenvalue weighted by Crippen LogP contribution is 2.09. The molecule has 0 fully saturated rings. The van der Waals surface area contributed by atoms with Crippen LogP contribution in [0.3, 0.4) is 0 Å². The van der Waals surface area contributed by atoms with Crippen molar-refractivity contribution in [2.45, 2.75) is 34.1 Å². The Kier molecular flexibility index (Phi) is 3.69. The van der Waals surface area contributed by atoms with E-state index in [0.29, 0.717) is 0 Å². The fourth-order valence-electron chi connectivity index (χ4n) is 1.43. The van der Waals surface area contributed by atoms with Crippen LogP contribution >= 0.6 is 0 Å². The molecule has 0 aromatic carbocycles. The number of fused-ring (bicyclic) bond motifs is 1. The summed E-state index contributed by atoms with van der Waals surface area (Å²) in [5.74, 6) is 1.13. The molecule has 0 N–H and O–H groups in total. The van der Waals surface area contributed by atoms with Gasteiger partial charge in [0.15, 0.2) is 0 Å². The van der Waals surface area contributed by atoms with Gasteiger partial charge in [-0.3, -0.25) is 0 Å². The van der Waals surface area contributed by atoms with Gasteiger partial charge in [-0.25, -0.2) is 4.98 Å². The van der Waals surface area contributed by atoms with Crippen LogP contribution in [0, 0.1) is 6.92 Å². The van der Waals surface area contributed by atoms with Crippen LogP contribution in [-0.2, 0) is 6.42 Å². The molecule has 0 aliphatic carbocycles. The van der Waals surface area contributed by atoms with Crippen molar-refractivity contribution in [3.63, 3.8) is 0 Å². The first-order valence-corrected chi connectivity index (χ1v) is 5.24. The molecule has 14 heavy (non-hydrogen) atoms. The number of imidazole rings is 1. The third-order valence-corrected chi connectivity index (χ3v) is 2.08. The summed E-state index contributed by atoms with van der Waals surface area (Å²) < 4.78 is 2.13. The number of rotatable bonds is 1. The molecule has 2 aromatic rings. The summed E-state index contributed by atoms with van der Waals surface area (Å²) in [5.41, 5.74) is 2.47. The van der Waals surface area contributed by atoms with E-state index in [4.69, 9.17) is 0 Å². The summed E-state index contributed by atoms with van der Waals surface area (Å²) in [6.45, 7) is 8.22. The Labute approximate surface area is 85.6 Å². The zero-order valence-electron chi connectivity index (χ0n) is 9.41. The van der Waals surface area contributed by atoms with Gasteiger partial charge in [0.05, 0.1) is 11.7 Å². The SMILES string of the molecule is CC.CCc1ncc2cc(C)ccn12. The van der Waals surface area contributed by atoms with E-state index in [1.54, 1.807) is 0 Å². The number of aryl methyl sites for hydroxylation is 2. The molecule has 0 unspecified atom stereocenters. The minimum absolute atomic E-state index is 0.983. The lowest BCUT2D eigenvalue weighted by atomic mass is 10.3. The van der Waals surface area contributed by atoms with Crippen LogP contribution in [-0.4, -0.2) is 9.38 Å². The van der Waals surface area contributed by atoms with Gasteiger partial charge < -0.3 is 4.40 Å². The summed E-state index contributed by atoms with van der Waals surface area (Å²) in [6.07, 6.45) is 4.99. The van der Waals surface area contributed by atoms with Gasteiger partial charge in [-0.1, -0.05) is 20.8 Å². The van der Waals surface area contributed by atoms with Crippen LogP contribution in [0.5, 0.6) is 0 Å². The number of pyridine rings is 1. The van der Waals surface area contributed by atoms with Crippen molar-refractivity contribution in [2.75, 3.05) is 0 Å². The quantitative estimate of drug-likeness (QED) is 0.675. The van der Waals surface area contributed by atoms with Crippen LogP contribution in [0.1, 0.15) is 32.2 Å². The van der Waals surface area contributed by atoms with Crippen LogP contribution in [0.25, 0.3) is 5.52 Å². The summed E-state index contributed by atoms with van der Waals surface area (Å²) in [6, 6.07) is 4.25.